The summed E-state index contributed by atoms with van der Waals surface area (Å²) >= 11 is 5.72. The number of nitrogens with one attached hydrogen (secondary N) is 1. The van der Waals surface area contributed by atoms with Crippen LogP contribution in [0.25, 0.3) is 0 Å². The van der Waals surface area contributed by atoms with Crippen molar-refractivity contribution in [2.45, 2.75) is 33.2 Å². The van der Waals surface area contributed by atoms with Gasteiger partial charge in [0.1, 0.15) is 0 Å². The lowest BCUT2D eigenvalue weighted by molar-refractivity contribution is 0.305. The molecule has 0 aromatic carbocycles. The molecule has 1 atom stereocenters. The summed E-state index contributed by atoms with van der Waals surface area (Å²) in [5.74, 6) is 1.69. The summed E-state index contributed by atoms with van der Waals surface area (Å²) in [6.07, 6.45) is 0.962. The Hall–Kier alpha value is -1.03. The molecule has 1 heterocycles. The first kappa shape index (κ1) is 13.0. The normalized spacial score (nSPS) is 12.2. The van der Waals surface area contributed by atoms with Gasteiger partial charge in [0.2, 0.25) is 11.8 Å². The van der Waals surface area contributed by atoms with Crippen LogP contribution >= 0.6 is 11.6 Å². The minimum Gasteiger partial charge on any atom is -0.478 e. The summed E-state index contributed by atoms with van der Waals surface area (Å²) in [6, 6.07) is 1.97. The first-order chi connectivity index (χ1) is 7.65. The zero-order valence-corrected chi connectivity index (χ0v) is 10.7. The minimum atomic E-state index is 0.141. The largest absolute Gasteiger partial charge is 0.478 e. The fourth-order valence-electron chi connectivity index (χ4n) is 1.14. The van der Waals surface area contributed by atoms with E-state index in [9.17, 15) is 0 Å². The van der Waals surface area contributed by atoms with Gasteiger partial charge in [-0.15, -0.1) is 11.6 Å². The highest BCUT2D eigenvalue weighted by molar-refractivity contribution is 6.18. The van der Waals surface area contributed by atoms with Crippen molar-refractivity contribution in [3.63, 3.8) is 0 Å². The highest BCUT2D eigenvalue weighted by Gasteiger charge is 2.05. The van der Waals surface area contributed by atoms with Gasteiger partial charge in [0.25, 0.3) is 0 Å². The van der Waals surface area contributed by atoms with Gasteiger partial charge in [-0.1, -0.05) is 6.92 Å². The van der Waals surface area contributed by atoms with Gasteiger partial charge in [0.15, 0.2) is 0 Å². The SMILES string of the molecule is CCCOc1cc(C)nc(NC(C)CCl)n1. The van der Waals surface area contributed by atoms with Crippen molar-refractivity contribution in [2.75, 3.05) is 17.8 Å². The number of rotatable bonds is 6. The van der Waals surface area contributed by atoms with Crippen LogP contribution < -0.4 is 10.1 Å². The maximum absolute atomic E-state index is 5.72. The predicted octanol–water partition coefficient (Wildman–Crippen LogP) is 2.61. The van der Waals surface area contributed by atoms with Gasteiger partial charge in [-0.3, -0.25) is 0 Å². The van der Waals surface area contributed by atoms with E-state index in [1.165, 1.54) is 0 Å². The molecule has 1 aromatic rings. The van der Waals surface area contributed by atoms with Crippen molar-refractivity contribution < 1.29 is 4.74 Å². The molecule has 1 rings (SSSR count). The molecule has 16 heavy (non-hydrogen) atoms. The topological polar surface area (TPSA) is 47.0 Å². The number of hydrogen-bond acceptors (Lipinski definition) is 4. The summed E-state index contributed by atoms with van der Waals surface area (Å²) in [6.45, 7) is 6.62. The van der Waals surface area contributed by atoms with Gasteiger partial charge in [-0.25, -0.2) is 4.98 Å². The Morgan fingerprint density at radius 1 is 1.50 bits per heavy atom. The highest BCUT2D eigenvalue weighted by atomic mass is 35.5. The number of alkyl halides is 1. The molecule has 0 amide bonds. The van der Waals surface area contributed by atoms with E-state index in [4.69, 9.17) is 16.3 Å². The molecule has 4 nitrogen and oxygen atoms in total. The number of hydrogen-bond donors (Lipinski definition) is 1. The van der Waals surface area contributed by atoms with Gasteiger partial charge in [-0.2, -0.15) is 4.98 Å². The Morgan fingerprint density at radius 2 is 2.25 bits per heavy atom. The molecule has 1 unspecified atom stereocenters. The average molecular weight is 244 g/mol. The average Bonchev–Trinajstić information content (AvgIpc) is 2.25. The standard InChI is InChI=1S/C11H18ClN3O/c1-4-5-16-10-6-8(2)13-11(15-10)14-9(3)7-12/h6,9H,4-5,7H2,1-3H3,(H,13,14,15). The lowest BCUT2D eigenvalue weighted by Crippen LogP contribution is -2.19. The first-order valence-electron chi connectivity index (χ1n) is 5.46. The van der Waals surface area contributed by atoms with Gasteiger partial charge in [0.05, 0.1) is 6.61 Å². The summed E-state index contributed by atoms with van der Waals surface area (Å²) in [7, 11) is 0. The van der Waals surface area contributed by atoms with Crippen LogP contribution in [-0.2, 0) is 0 Å². The molecule has 0 aliphatic heterocycles. The number of nitrogens with zero attached hydrogens (tertiary/aromatic N) is 2. The lowest BCUT2D eigenvalue weighted by Gasteiger charge is -2.12. The van der Waals surface area contributed by atoms with Crippen molar-refractivity contribution in [2.24, 2.45) is 0 Å². The van der Waals surface area contributed by atoms with Crippen LogP contribution in [0.3, 0.4) is 0 Å². The second-order valence-corrected chi connectivity index (χ2v) is 4.03. The van der Waals surface area contributed by atoms with Crippen LogP contribution in [-0.4, -0.2) is 28.5 Å². The van der Waals surface area contributed by atoms with E-state index in [1.54, 1.807) is 0 Å². The molecule has 0 bridgehead atoms. The fourth-order valence-corrected chi connectivity index (χ4v) is 1.22. The molecule has 0 spiro atoms. The molecular formula is C11H18ClN3O. The second kappa shape index (κ2) is 6.53. The summed E-state index contributed by atoms with van der Waals surface area (Å²) in [4.78, 5) is 8.52. The Labute approximate surface area is 101 Å². The molecule has 0 aliphatic rings. The Bertz CT molecular complexity index is 333. The first-order valence-corrected chi connectivity index (χ1v) is 6.00. The van der Waals surface area contributed by atoms with Gasteiger partial charge in [0, 0.05) is 23.7 Å². The Kier molecular flexibility index (Phi) is 5.32. The Balaban J connectivity index is 2.73. The molecule has 1 N–H and O–H groups in total. The quantitative estimate of drug-likeness (QED) is 0.781. The van der Waals surface area contributed by atoms with E-state index in [1.807, 2.05) is 19.9 Å². The summed E-state index contributed by atoms with van der Waals surface area (Å²) < 4.78 is 5.47. The van der Waals surface area contributed by atoms with Crippen LogP contribution in [0.2, 0.25) is 0 Å². The zero-order valence-electron chi connectivity index (χ0n) is 9.96. The van der Waals surface area contributed by atoms with E-state index in [2.05, 4.69) is 22.2 Å². The molecule has 0 saturated heterocycles. The molecule has 1 aromatic heterocycles. The number of aryl methyl sites for hydroxylation is 1. The zero-order chi connectivity index (χ0) is 12.0. The number of anilines is 1. The van der Waals surface area contributed by atoms with Crippen molar-refractivity contribution in [1.82, 2.24) is 9.97 Å². The van der Waals surface area contributed by atoms with E-state index in [0.717, 1.165) is 12.1 Å². The highest BCUT2D eigenvalue weighted by Crippen LogP contribution is 2.13. The molecule has 0 aliphatic carbocycles. The monoisotopic (exact) mass is 243 g/mol. The molecular weight excluding hydrogens is 226 g/mol. The van der Waals surface area contributed by atoms with Crippen LogP contribution in [0.1, 0.15) is 26.0 Å². The van der Waals surface area contributed by atoms with E-state index >= 15 is 0 Å². The van der Waals surface area contributed by atoms with Crippen LogP contribution in [0.15, 0.2) is 6.07 Å². The van der Waals surface area contributed by atoms with Crippen molar-refractivity contribution in [3.8, 4) is 5.88 Å². The van der Waals surface area contributed by atoms with Gasteiger partial charge >= 0.3 is 0 Å². The predicted molar refractivity (Wildman–Crippen MR) is 66.4 cm³/mol. The van der Waals surface area contributed by atoms with E-state index < -0.39 is 0 Å². The molecule has 0 radical (unpaired) electrons. The fraction of sp³-hybridized carbons (Fsp3) is 0.636. The molecule has 0 saturated carbocycles. The maximum Gasteiger partial charge on any atom is 0.226 e. The lowest BCUT2D eigenvalue weighted by atomic mass is 10.4. The van der Waals surface area contributed by atoms with Crippen LogP contribution in [0.5, 0.6) is 5.88 Å². The minimum absolute atomic E-state index is 0.141. The van der Waals surface area contributed by atoms with Crippen molar-refractivity contribution >= 4 is 17.5 Å². The third kappa shape index (κ3) is 4.23. The Morgan fingerprint density at radius 3 is 2.88 bits per heavy atom. The van der Waals surface area contributed by atoms with Gasteiger partial charge in [-0.05, 0) is 20.3 Å². The third-order valence-electron chi connectivity index (χ3n) is 1.89. The number of halogens is 1. The molecule has 90 valence electrons. The summed E-state index contributed by atoms with van der Waals surface area (Å²) in [5.41, 5.74) is 0.880. The maximum atomic E-state index is 5.72. The second-order valence-electron chi connectivity index (χ2n) is 3.72. The number of aromatic nitrogens is 2. The van der Waals surface area contributed by atoms with Crippen molar-refractivity contribution in [3.05, 3.63) is 11.8 Å². The third-order valence-corrected chi connectivity index (χ3v) is 2.35. The van der Waals surface area contributed by atoms with E-state index in [0.29, 0.717) is 24.3 Å². The summed E-state index contributed by atoms with van der Waals surface area (Å²) in [5, 5.41) is 3.12. The molecule has 0 fully saturated rings. The van der Waals surface area contributed by atoms with Crippen molar-refractivity contribution in [1.29, 1.82) is 0 Å². The van der Waals surface area contributed by atoms with Gasteiger partial charge < -0.3 is 10.1 Å². The van der Waals surface area contributed by atoms with E-state index in [-0.39, 0.29) is 6.04 Å². The van der Waals surface area contributed by atoms with Crippen LogP contribution in [0, 0.1) is 6.92 Å². The number of ether oxygens (including phenoxy) is 1. The molecule has 5 heteroatoms. The smallest absolute Gasteiger partial charge is 0.226 e. The van der Waals surface area contributed by atoms with Crippen LogP contribution in [0.4, 0.5) is 5.95 Å².